The van der Waals surface area contributed by atoms with E-state index in [1.165, 1.54) is 5.56 Å². The van der Waals surface area contributed by atoms with Crippen molar-refractivity contribution in [2.24, 2.45) is 5.92 Å². The van der Waals surface area contributed by atoms with E-state index in [2.05, 4.69) is 22.4 Å². The van der Waals surface area contributed by atoms with Gasteiger partial charge in [-0.3, -0.25) is 4.79 Å². The molecule has 1 aliphatic carbocycles. The molecule has 2 aromatic rings. The summed E-state index contributed by atoms with van der Waals surface area (Å²) in [6.45, 7) is 0.681. The van der Waals surface area contributed by atoms with Gasteiger partial charge in [0.25, 0.3) is 0 Å². The summed E-state index contributed by atoms with van der Waals surface area (Å²) < 4.78 is 0. The van der Waals surface area contributed by atoms with Gasteiger partial charge in [0.2, 0.25) is 5.91 Å². The largest absolute Gasteiger partial charge is 0.355 e. The molecule has 1 aromatic heterocycles. The summed E-state index contributed by atoms with van der Waals surface area (Å²) in [5.74, 6) is 0.766. The third-order valence-corrected chi connectivity index (χ3v) is 4.15. The van der Waals surface area contributed by atoms with Crippen LogP contribution in [0, 0.1) is 5.92 Å². The highest BCUT2D eigenvalue weighted by Gasteiger charge is 2.43. The number of hydrogen-bond donors (Lipinski definition) is 1. The van der Waals surface area contributed by atoms with Gasteiger partial charge in [-0.05, 0) is 17.9 Å². The fourth-order valence-electron chi connectivity index (χ4n) is 2.36. The van der Waals surface area contributed by atoms with Crippen LogP contribution in [0.1, 0.15) is 23.6 Å². The number of aromatic nitrogens is 1. The van der Waals surface area contributed by atoms with E-state index >= 15 is 0 Å². The van der Waals surface area contributed by atoms with Crippen LogP contribution < -0.4 is 5.32 Å². The van der Waals surface area contributed by atoms with Crippen LogP contribution >= 0.6 is 11.3 Å². The van der Waals surface area contributed by atoms with E-state index in [9.17, 15) is 4.79 Å². The average molecular weight is 272 g/mol. The first kappa shape index (κ1) is 12.4. The van der Waals surface area contributed by atoms with Crippen LogP contribution in [0.15, 0.2) is 41.2 Å². The van der Waals surface area contributed by atoms with Gasteiger partial charge in [0, 0.05) is 24.3 Å². The molecule has 0 bridgehead atoms. The summed E-state index contributed by atoms with van der Waals surface area (Å²) in [6.07, 6.45) is 1.80. The summed E-state index contributed by atoms with van der Waals surface area (Å²) in [5.41, 5.74) is 4.16. The van der Waals surface area contributed by atoms with Crippen molar-refractivity contribution in [2.75, 3.05) is 6.54 Å². The molecule has 3 nitrogen and oxygen atoms in total. The molecule has 1 N–H and O–H groups in total. The van der Waals surface area contributed by atoms with Gasteiger partial charge in [0.05, 0.1) is 11.2 Å². The standard InChI is InChI=1S/C15H16N2OS/c18-15(16-7-6-12-9-19-10-17-12)14-8-13(14)11-4-2-1-3-5-11/h1-5,9-10,13-14H,6-8H2,(H,16,18)/t13-,14+/m0/s1. The van der Waals surface area contributed by atoms with Gasteiger partial charge in [-0.15, -0.1) is 11.3 Å². The van der Waals surface area contributed by atoms with Crippen LogP contribution in [0.2, 0.25) is 0 Å². The number of carbonyl (C=O) groups is 1. The number of rotatable bonds is 5. The second-order valence-corrected chi connectivity index (χ2v) is 5.60. The van der Waals surface area contributed by atoms with Crippen molar-refractivity contribution in [3.8, 4) is 0 Å². The van der Waals surface area contributed by atoms with Crippen molar-refractivity contribution < 1.29 is 4.79 Å². The monoisotopic (exact) mass is 272 g/mol. The number of benzene rings is 1. The highest BCUT2D eigenvalue weighted by molar-refractivity contribution is 7.07. The van der Waals surface area contributed by atoms with E-state index in [-0.39, 0.29) is 11.8 Å². The van der Waals surface area contributed by atoms with E-state index < -0.39 is 0 Å². The second kappa shape index (κ2) is 5.53. The molecule has 1 fully saturated rings. The Morgan fingerprint density at radius 2 is 2.21 bits per heavy atom. The third-order valence-electron chi connectivity index (χ3n) is 3.52. The van der Waals surface area contributed by atoms with Gasteiger partial charge in [0.15, 0.2) is 0 Å². The Balaban J connectivity index is 1.45. The van der Waals surface area contributed by atoms with Crippen LogP contribution in [-0.2, 0) is 11.2 Å². The van der Waals surface area contributed by atoms with E-state index in [1.807, 2.05) is 29.1 Å². The topological polar surface area (TPSA) is 42.0 Å². The van der Waals surface area contributed by atoms with Crippen LogP contribution in [0.25, 0.3) is 0 Å². The zero-order valence-electron chi connectivity index (χ0n) is 10.6. The molecule has 0 saturated heterocycles. The summed E-state index contributed by atoms with van der Waals surface area (Å²) in [5, 5.41) is 5.03. The van der Waals surface area contributed by atoms with Crippen molar-refractivity contribution in [3.05, 3.63) is 52.5 Å². The molecule has 0 unspecified atom stereocenters. The minimum atomic E-state index is 0.165. The number of carbonyl (C=O) groups excluding carboxylic acids is 1. The van der Waals surface area contributed by atoms with Gasteiger partial charge in [-0.1, -0.05) is 30.3 Å². The van der Waals surface area contributed by atoms with E-state index in [0.29, 0.717) is 12.5 Å². The van der Waals surface area contributed by atoms with Gasteiger partial charge in [0.1, 0.15) is 0 Å². The zero-order chi connectivity index (χ0) is 13.1. The van der Waals surface area contributed by atoms with Crippen molar-refractivity contribution in [1.29, 1.82) is 0 Å². The van der Waals surface area contributed by atoms with Gasteiger partial charge in [-0.25, -0.2) is 4.98 Å². The Morgan fingerprint density at radius 1 is 1.37 bits per heavy atom. The molecular weight excluding hydrogens is 256 g/mol. The maximum absolute atomic E-state index is 12.0. The van der Waals surface area contributed by atoms with E-state index in [4.69, 9.17) is 0 Å². The smallest absolute Gasteiger partial charge is 0.223 e. The molecule has 98 valence electrons. The van der Waals surface area contributed by atoms with Gasteiger partial charge < -0.3 is 5.32 Å². The molecule has 1 aliphatic rings. The lowest BCUT2D eigenvalue weighted by atomic mass is 10.1. The number of nitrogens with zero attached hydrogens (tertiary/aromatic N) is 1. The van der Waals surface area contributed by atoms with Gasteiger partial charge in [-0.2, -0.15) is 0 Å². The van der Waals surface area contributed by atoms with Crippen LogP contribution in [0.3, 0.4) is 0 Å². The molecule has 1 aromatic carbocycles. The maximum Gasteiger partial charge on any atom is 0.223 e. The first-order valence-corrected chi connectivity index (χ1v) is 7.48. The van der Waals surface area contributed by atoms with Crippen molar-refractivity contribution in [1.82, 2.24) is 10.3 Å². The molecule has 1 heterocycles. The van der Waals surface area contributed by atoms with Crippen LogP contribution in [0.5, 0.6) is 0 Å². The molecule has 19 heavy (non-hydrogen) atoms. The number of hydrogen-bond acceptors (Lipinski definition) is 3. The fraction of sp³-hybridized carbons (Fsp3) is 0.333. The Hall–Kier alpha value is -1.68. The lowest BCUT2D eigenvalue weighted by molar-refractivity contribution is -0.122. The summed E-state index contributed by atoms with van der Waals surface area (Å²) >= 11 is 1.59. The van der Waals surface area contributed by atoms with Crippen LogP contribution in [0.4, 0.5) is 0 Å². The molecule has 0 aliphatic heterocycles. The molecule has 2 atom stereocenters. The minimum absolute atomic E-state index is 0.165. The summed E-state index contributed by atoms with van der Waals surface area (Å²) in [6, 6.07) is 10.3. The molecule has 1 saturated carbocycles. The quantitative estimate of drug-likeness (QED) is 0.909. The van der Waals surface area contributed by atoms with E-state index in [0.717, 1.165) is 18.5 Å². The Bertz CT molecular complexity index is 539. The predicted molar refractivity (Wildman–Crippen MR) is 76.1 cm³/mol. The average Bonchev–Trinajstić information content (AvgIpc) is 3.09. The lowest BCUT2D eigenvalue weighted by Crippen LogP contribution is -2.27. The van der Waals surface area contributed by atoms with Crippen LogP contribution in [-0.4, -0.2) is 17.4 Å². The summed E-state index contributed by atoms with van der Waals surface area (Å²) in [7, 11) is 0. The zero-order valence-corrected chi connectivity index (χ0v) is 11.4. The Morgan fingerprint density at radius 3 is 2.95 bits per heavy atom. The van der Waals surface area contributed by atoms with Gasteiger partial charge >= 0.3 is 0 Å². The van der Waals surface area contributed by atoms with Crippen molar-refractivity contribution in [2.45, 2.75) is 18.8 Å². The first-order valence-electron chi connectivity index (χ1n) is 6.54. The Labute approximate surface area is 116 Å². The molecule has 3 rings (SSSR count). The normalized spacial score (nSPS) is 21.1. The highest BCUT2D eigenvalue weighted by Crippen LogP contribution is 2.47. The molecular formula is C15H16N2OS. The fourth-order valence-corrected chi connectivity index (χ4v) is 2.95. The minimum Gasteiger partial charge on any atom is -0.355 e. The van der Waals surface area contributed by atoms with Crippen molar-refractivity contribution in [3.63, 3.8) is 0 Å². The first-order chi connectivity index (χ1) is 9.34. The Kier molecular flexibility index (Phi) is 3.60. The summed E-state index contributed by atoms with van der Waals surface area (Å²) in [4.78, 5) is 16.2. The maximum atomic E-state index is 12.0. The molecule has 0 spiro atoms. The third kappa shape index (κ3) is 3.01. The lowest BCUT2D eigenvalue weighted by Gasteiger charge is -2.03. The molecule has 4 heteroatoms. The number of amides is 1. The van der Waals surface area contributed by atoms with Crippen molar-refractivity contribution >= 4 is 17.2 Å². The number of thiazole rings is 1. The molecule has 1 amide bonds. The van der Waals surface area contributed by atoms with E-state index in [1.54, 1.807) is 11.3 Å². The molecule has 0 radical (unpaired) electrons. The predicted octanol–water partition coefficient (Wildman–Crippen LogP) is 2.61. The SMILES string of the molecule is O=C(NCCc1cscn1)[C@@H]1C[C@H]1c1ccccc1. The number of nitrogens with one attached hydrogen (secondary N) is 1. The second-order valence-electron chi connectivity index (χ2n) is 4.88. The highest BCUT2D eigenvalue weighted by atomic mass is 32.1.